The van der Waals surface area contributed by atoms with Crippen molar-refractivity contribution >= 4 is 11.9 Å². The van der Waals surface area contributed by atoms with Gasteiger partial charge in [-0.2, -0.15) is 0 Å². The van der Waals surface area contributed by atoms with Crippen molar-refractivity contribution in [1.29, 1.82) is 0 Å². The van der Waals surface area contributed by atoms with Crippen molar-refractivity contribution in [1.82, 2.24) is 0 Å². The number of epoxide rings is 1. The second-order valence-electron chi connectivity index (χ2n) is 10.5. The van der Waals surface area contributed by atoms with Crippen LogP contribution in [0.15, 0.2) is 11.6 Å². The number of hydrogen-bond donors (Lipinski definition) is 0. The quantitative estimate of drug-likeness (QED) is 0.378. The molecule has 4 aliphatic rings. The standard InChI is InChI=1S/C24H36O6/c1-14-8-7-9-18-22(14,5)11-10-15(2)23(18,6)12-19-24(30-19)13-20(27-16(3)25)29-21(24)28-17(4)26/h8,15,18-21H,7,9-13H2,1-6H3/t15-,18+,19-,20-,21+,22+,23+,24+/m1/s1. The van der Waals surface area contributed by atoms with E-state index in [2.05, 4.69) is 33.8 Å². The van der Waals surface area contributed by atoms with Gasteiger partial charge in [0, 0.05) is 20.3 Å². The predicted molar refractivity (Wildman–Crippen MR) is 110 cm³/mol. The molecule has 3 fully saturated rings. The first-order valence-corrected chi connectivity index (χ1v) is 11.4. The lowest BCUT2D eigenvalue weighted by Crippen LogP contribution is -2.50. The largest absolute Gasteiger partial charge is 0.436 e. The summed E-state index contributed by atoms with van der Waals surface area (Å²) in [7, 11) is 0. The fourth-order valence-corrected chi connectivity index (χ4v) is 6.68. The third-order valence-corrected chi connectivity index (χ3v) is 8.80. The molecule has 2 aliphatic carbocycles. The molecular weight excluding hydrogens is 384 g/mol. The van der Waals surface area contributed by atoms with Crippen LogP contribution >= 0.6 is 0 Å². The summed E-state index contributed by atoms with van der Waals surface area (Å²) in [5.41, 5.74) is 1.18. The monoisotopic (exact) mass is 420 g/mol. The molecule has 0 bridgehead atoms. The molecule has 4 rings (SSSR count). The SMILES string of the molecule is CC(=O)O[C@H]1C[C@@]2(O[C@@H]2C[C@@]2(C)[C@H](C)CC[C@@]3(C)C(C)=CCC[C@H]23)[C@@H](OC(C)=O)O1. The molecule has 0 aromatic carbocycles. The second kappa shape index (κ2) is 7.33. The lowest BCUT2D eigenvalue weighted by Gasteiger charge is -2.58. The zero-order chi connectivity index (χ0) is 21.9. The Kier molecular flexibility index (Phi) is 5.33. The summed E-state index contributed by atoms with van der Waals surface area (Å²) in [6.45, 7) is 12.2. The van der Waals surface area contributed by atoms with E-state index in [0.29, 0.717) is 18.3 Å². The van der Waals surface area contributed by atoms with Crippen molar-refractivity contribution < 1.29 is 28.5 Å². The first kappa shape index (κ1) is 21.8. The van der Waals surface area contributed by atoms with E-state index in [0.717, 1.165) is 12.8 Å². The predicted octanol–water partition coefficient (Wildman–Crippen LogP) is 4.51. The molecule has 2 saturated heterocycles. The number of fused-ring (bicyclic) bond motifs is 1. The van der Waals surface area contributed by atoms with Gasteiger partial charge in [0.15, 0.2) is 5.60 Å². The third-order valence-electron chi connectivity index (χ3n) is 8.80. The zero-order valence-electron chi connectivity index (χ0n) is 19.2. The Hall–Kier alpha value is -1.40. The summed E-state index contributed by atoms with van der Waals surface area (Å²) in [5.74, 6) is 0.346. The van der Waals surface area contributed by atoms with E-state index in [1.807, 2.05) is 0 Å². The van der Waals surface area contributed by atoms with Gasteiger partial charge < -0.3 is 14.2 Å². The van der Waals surface area contributed by atoms with E-state index in [9.17, 15) is 9.59 Å². The molecule has 0 aromatic heterocycles. The summed E-state index contributed by atoms with van der Waals surface area (Å²) in [5, 5.41) is 0. The van der Waals surface area contributed by atoms with Gasteiger partial charge in [-0.05, 0) is 61.7 Å². The van der Waals surface area contributed by atoms with Crippen LogP contribution in [-0.2, 0) is 28.5 Å². The highest BCUT2D eigenvalue weighted by Crippen LogP contribution is 2.64. The normalized spacial score (nSPS) is 47.4. The Labute approximate surface area is 179 Å². The average Bonchev–Trinajstić information content (AvgIpc) is 3.20. The number of allylic oxidation sites excluding steroid dienone is 2. The maximum Gasteiger partial charge on any atom is 0.305 e. The van der Waals surface area contributed by atoms with Crippen LogP contribution in [0.25, 0.3) is 0 Å². The molecule has 168 valence electrons. The molecule has 2 heterocycles. The van der Waals surface area contributed by atoms with Crippen LogP contribution in [0.5, 0.6) is 0 Å². The first-order chi connectivity index (χ1) is 14.0. The second-order valence-corrected chi connectivity index (χ2v) is 10.5. The average molecular weight is 421 g/mol. The van der Waals surface area contributed by atoms with Crippen LogP contribution in [0.2, 0.25) is 0 Å². The Bertz CT molecular complexity index is 761. The van der Waals surface area contributed by atoms with Gasteiger partial charge in [0.2, 0.25) is 12.6 Å². The first-order valence-electron chi connectivity index (χ1n) is 11.4. The molecule has 0 amide bonds. The van der Waals surface area contributed by atoms with Gasteiger partial charge in [0.1, 0.15) is 0 Å². The Morgan fingerprint density at radius 1 is 1.17 bits per heavy atom. The molecule has 2 aliphatic heterocycles. The maximum absolute atomic E-state index is 11.7. The van der Waals surface area contributed by atoms with E-state index < -0.39 is 30.1 Å². The molecule has 6 heteroatoms. The van der Waals surface area contributed by atoms with Gasteiger partial charge in [-0.15, -0.1) is 0 Å². The van der Waals surface area contributed by atoms with Gasteiger partial charge >= 0.3 is 11.9 Å². The maximum atomic E-state index is 11.7. The van der Waals surface area contributed by atoms with Crippen LogP contribution in [0.3, 0.4) is 0 Å². The van der Waals surface area contributed by atoms with Crippen LogP contribution in [0, 0.1) is 22.7 Å². The van der Waals surface area contributed by atoms with Gasteiger partial charge in [0.05, 0.1) is 6.10 Å². The minimum atomic E-state index is -0.828. The number of rotatable bonds is 4. The topological polar surface area (TPSA) is 74.4 Å². The molecule has 0 unspecified atom stereocenters. The van der Waals surface area contributed by atoms with Gasteiger partial charge in [0.25, 0.3) is 0 Å². The van der Waals surface area contributed by atoms with Gasteiger partial charge in [-0.3, -0.25) is 14.3 Å². The summed E-state index contributed by atoms with van der Waals surface area (Å²) in [6.07, 6.45) is 6.87. The van der Waals surface area contributed by atoms with Crippen LogP contribution in [0.4, 0.5) is 0 Å². The molecule has 6 nitrogen and oxygen atoms in total. The number of carbonyl (C=O) groups excluding carboxylic acids is 2. The van der Waals surface area contributed by atoms with E-state index in [1.165, 1.54) is 38.7 Å². The Morgan fingerprint density at radius 2 is 1.87 bits per heavy atom. The lowest BCUT2D eigenvalue weighted by molar-refractivity contribution is -0.213. The third kappa shape index (κ3) is 3.40. The lowest BCUT2D eigenvalue weighted by atomic mass is 9.47. The van der Waals surface area contributed by atoms with Crippen LogP contribution < -0.4 is 0 Å². The van der Waals surface area contributed by atoms with Crippen LogP contribution in [-0.4, -0.2) is 36.2 Å². The molecule has 1 spiro atoms. The van der Waals surface area contributed by atoms with E-state index in [4.69, 9.17) is 18.9 Å². The van der Waals surface area contributed by atoms with Crippen molar-refractivity contribution in [3.63, 3.8) is 0 Å². The molecule has 0 aromatic rings. The molecular formula is C24H36O6. The summed E-state index contributed by atoms with van der Waals surface area (Å²) in [4.78, 5) is 23.1. The van der Waals surface area contributed by atoms with Gasteiger partial charge in [-0.1, -0.05) is 32.4 Å². The molecule has 0 radical (unpaired) electrons. The summed E-state index contributed by atoms with van der Waals surface area (Å²) in [6, 6.07) is 0. The fourth-order valence-electron chi connectivity index (χ4n) is 6.68. The Morgan fingerprint density at radius 3 is 2.53 bits per heavy atom. The summed E-state index contributed by atoms with van der Waals surface area (Å²) < 4.78 is 22.7. The highest BCUT2D eigenvalue weighted by Gasteiger charge is 2.71. The minimum absolute atomic E-state index is 0.0663. The van der Waals surface area contributed by atoms with Crippen molar-refractivity contribution in [2.75, 3.05) is 0 Å². The van der Waals surface area contributed by atoms with Crippen molar-refractivity contribution in [2.24, 2.45) is 22.7 Å². The van der Waals surface area contributed by atoms with Crippen molar-refractivity contribution in [2.45, 2.75) is 104 Å². The van der Waals surface area contributed by atoms with Gasteiger partial charge in [-0.25, -0.2) is 0 Å². The van der Waals surface area contributed by atoms with Crippen molar-refractivity contribution in [3.8, 4) is 0 Å². The fraction of sp³-hybridized carbons (Fsp3) is 0.833. The summed E-state index contributed by atoms with van der Waals surface area (Å²) >= 11 is 0. The zero-order valence-corrected chi connectivity index (χ0v) is 19.2. The number of esters is 2. The number of carbonyl (C=O) groups is 2. The van der Waals surface area contributed by atoms with E-state index in [1.54, 1.807) is 0 Å². The molecule has 8 atom stereocenters. The number of hydrogen-bond acceptors (Lipinski definition) is 6. The van der Waals surface area contributed by atoms with E-state index >= 15 is 0 Å². The minimum Gasteiger partial charge on any atom is -0.436 e. The molecule has 0 N–H and O–H groups in total. The Balaban J connectivity index is 1.55. The number of ether oxygens (including phenoxy) is 4. The van der Waals surface area contributed by atoms with Crippen LogP contribution in [0.1, 0.15) is 80.1 Å². The highest BCUT2D eigenvalue weighted by molar-refractivity contribution is 5.66. The highest BCUT2D eigenvalue weighted by atomic mass is 16.8. The molecule has 30 heavy (non-hydrogen) atoms. The van der Waals surface area contributed by atoms with Crippen molar-refractivity contribution in [3.05, 3.63) is 11.6 Å². The molecule has 1 saturated carbocycles. The smallest absolute Gasteiger partial charge is 0.305 e. The van der Waals surface area contributed by atoms with E-state index in [-0.39, 0.29) is 16.9 Å².